The van der Waals surface area contributed by atoms with Gasteiger partial charge in [-0.15, -0.1) is 0 Å². The molecule has 1 aromatic heterocycles. The summed E-state index contributed by atoms with van der Waals surface area (Å²) in [5.74, 6) is 0.102. The Bertz CT molecular complexity index is 1190. The molecule has 1 aliphatic heterocycles. The Labute approximate surface area is 171 Å². The van der Waals surface area contributed by atoms with Gasteiger partial charge in [0.1, 0.15) is 11.5 Å². The lowest BCUT2D eigenvalue weighted by molar-refractivity contribution is -0.122. The van der Waals surface area contributed by atoms with Crippen LogP contribution < -0.4 is 25.2 Å². The SMILES string of the molecule is COc1ccc(N2C[C@H](C(=O)Nc3ccc4nc[nH]c(=O)c4c3)CC2=O)c(OC)c1. The van der Waals surface area contributed by atoms with Crippen LogP contribution in [0.4, 0.5) is 11.4 Å². The Balaban J connectivity index is 1.52. The lowest BCUT2D eigenvalue weighted by atomic mass is 10.1. The summed E-state index contributed by atoms with van der Waals surface area (Å²) in [6.45, 7) is 0.225. The van der Waals surface area contributed by atoms with Gasteiger partial charge in [-0.2, -0.15) is 0 Å². The van der Waals surface area contributed by atoms with Crippen LogP contribution in [0.2, 0.25) is 0 Å². The van der Waals surface area contributed by atoms with E-state index in [0.29, 0.717) is 33.8 Å². The summed E-state index contributed by atoms with van der Waals surface area (Å²) in [5.41, 5.74) is 1.30. The minimum atomic E-state index is -0.535. The first-order chi connectivity index (χ1) is 14.5. The maximum Gasteiger partial charge on any atom is 0.258 e. The molecule has 1 fully saturated rings. The van der Waals surface area contributed by atoms with Crippen LogP contribution in [0.25, 0.3) is 10.9 Å². The highest BCUT2D eigenvalue weighted by atomic mass is 16.5. The van der Waals surface area contributed by atoms with Crippen LogP contribution in [0.5, 0.6) is 11.5 Å². The van der Waals surface area contributed by atoms with E-state index in [1.807, 2.05) is 0 Å². The van der Waals surface area contributed by atoms with Gasteiger partial charge in [0.25, 0.3) is 5.56 Å². The van der Waals surface area contributed by atoms with Crippen molar-refractivity contribution in [2.24, 2.45) is 5.92 Å². The van der Waals surface area contributed by atoms with Gasteiger partial charge >= 0.3 is 0 Å². The molecule has 0 radical (unpaired) electrons. The van der Waals surface area contributed by atoms with E-state index < -0.39 is 5.92 Å². The minimum Gasteiger partial charge on any atom is -0.497 e. The molecular formula is C21H20N4O5. The highest BCUT2D eigenvalue weighted by molar-refractivity contribution is 6.04. The maximum atomic E-state index is 12.8. The molecule has 9 heteroatoms. The monoisotopic (exact) mass is 408 g/mol. The molecule has 154 valence electrons. The summed E-state index contributed by atoms with van der Waals surface area (Å²) in [6, 6.07) is 10.1. The summed E-state index contributed by atoms with van der Waals surface area (Å²) in [7, 11) is 3.06. The molecule has 2 N–H and O–H groups in total. The Morgan fingerprint density at radius 3 is 2.77 bits per heavy atom. The lowest BCUT2D eigenvalue weighted by Gasteiger charge is -2.20. The number of aromatic nitrogens is 2. The quantitative estimate of drug-likeness (QED) is 0.667. The Hall–Kier alpha value is -3.88. The van der Waals surface area contributed by atoms with Crippen LogP contribution in [0.1, 0.15) is 6.42 Å². The molecule has 9 nitrogen and oxygen atoms in total. The van der Waals surface area contributed by atoms with Crippen molar-refractivity contribution in [3.8, 4) is 11.5 Å². The molecule has 2 amide bonds. The number of H-pyrrole nitrogens is 1. The van der Waals surface area contributed by atoms with Crippen LogP contribution in [0.3, 0.4) is 0 Å². The zero-order valence-electron chi connectivity index (χ0n) is 16.5. The number of hydrogen-bond acceptors (Lipinski definition) is 6. The molecule has 1 aliphatic rings. The molecule has 0 aliphatic carbocycles. The summed E-state index contributed by atoms with van der Waals surface area (Å²) in [6.07, 6.45) is 1.41. The second kappa shape index (κ2) is 7.86. The van der Waals surface area contributed by atoms with E-state index in [2.05, 4.69) is 15.3 Å². The highest BCUT2D eigenvalue weighted by Gasteiger charge is 2.36. The smallest absolute Gasteiger partial charge is 0.258 e. The predicted molar refractivity (Wildman–Crippen MR) is 111 cm³/mol. The Morgan fingerprint density at radius 2 is 2.00 bits per heavy atom. The highest BCUT2D eigenvalue weighted by Crippen LogP contribution is 2.36. The standard InChI is InChI=1S/C21H20N4O5/c1-29-14-4-6-17(18(9-14)30-2)25-10-12(7-19(25)26)20(27)24-13-3-5-16-15(8-13)21(28)23-11-22-16/h3-6,8-9,11-12H,7,10H2,1-2H3,(H,24,27)(H,22,23,28)/t12-/m1/s1. The third kappa shape index (κ3) is 3.57. The van der Waals surface area contributed by atoms with Gasteiger partial charge in [-0.3, -0.25) is 14.4 Å². The maximum absolute atomic E-state index is 12.8. The number of nitrogens with one attached hydrogen (secondary N) is 2. The first-order valence-electron chi connectivity index (χ1n) is 9.31. The molecule has 1 saturated heterocycles. The van der Waals surface area contributed by atoms with Gasteiger partial charge in [-0.05, 0) is 30.3 Å². The van der Waals surface area contributed by atoms with Gasteiger partial charge < -0.3 is 24.7 Å². The Morgan fingerprint density at radius 1 is 1.17 bits per heavy atom. The molecule has 0 saturated carbocycles. The second-order valence-electron chi connectivity index (χ2n) is 6.90. The minimum absolute atomic E-state index is 0.0801. The number of rotatable bonds is 5. The molecule has 1 atom stereocenters. The van der Waals surface area contributed by atoms with E-state index in [-0.39, 0.29) is 30.3 Å². The first-order valence-corrected chi connectivity index (χ1v) is 9.31. The van der Waals surface area contributed by atoms with E-state index in [1.165, 1.54) is 18.3 Å². The average molecular weight is 408 g/mol. The third-order valence-corrected chi connectivity index (χ3v) is 5.08. The summed E-state index contributed by atoms with van der Waals surface area (Å²) < 4.78 is 10.6. The average Bonchev–Trinajstić information content (AvgIpc) is 3.15. The first kappa shape index (κ1) is 19.4. The zero-order valence-corrected chi connectivity index (χ0v) is 16.5. The van der Waals surface area contributed by atoms with Gasteiger partial charge in [0.15, 0.2) is 0 Å². The van der Waals surface area contributed by atoms with E-state index in [9.17, 15) is 14.4 Å². The molecule has 4 rings (SSSR count). The van der Waals surface area contributed by atoms with Gasteiger partial charge in [0.05, 0.1) is 43.1 Å². The van der Waals surface area contributed by atoms with Crippen LogP contribution in [0.15, 0.2) is 47.5 Å². The van der Waals surface area contributed by atoms with Gasteiger partial charge in [0.2, 0.25) is 11.8 Å². The van der Waals surface area contributed by atoms with Crippen molar-refractivity contribution in [3.63, 3.8) is 0 Å². The van der Waals surface area contributed by atoms with Crippen LogP contribution in [-0.4, -0.2) is 42.5 Å². The number of nitrogens with zero attached hydrogens (tertiary/aromatic N) is 2. The Kier molecular flexibility index (Phi) is 5.09. The van der Waals surface area contributed by atoms with Crippen molar-refractivity contribution in [2.75, 3.05) is 31.0 Å². The lowest BCUT2D eigenvalue weighted by Crippen LogP contribution is -2.28. The van der Waals surface area contributed by atoms with Crippen molar-refractivity contribution < 1.29 is 19.1 Å². The number of hydrogen-bond donors (Lipinski definition) is 2. The third-order valence-electron chi connectivity index (χ3n) is 5.08. The van der Waals surface area contributed by atoms with E-state index in [1.54, 1.807) is 43.5 Å². The molecule has 0 unspecified atom stereocenters. The fourth-order valence-corrected chi connectivity index (χ4v) is 3.51. The van der Waals surface area contributed by atoms with Gasteiger partial charge in [-0.25, -0.2) is 4.98 Å². The molecule has 2 aromatic carbocycles. The van der Waals surface area contributed by atoms with Crippen LogP contribution in [0, 0.1) is 5.92 Å². The molecular weight excluding hydrogens is 388 g/mol. The normalized spacial score (nSPS) is 16.0. The van der Waals surface area contributed by atoms with E-state index in [0.717, 1.165) is 0 Å². The van der Waals surface area contributed by atoms with Crippen molar-refractivity contribution in [1.82, 2.24) is 9.97 Å². The number of carbonyl (C=O) groups is 2. The second-order valence-corrected chi connectivity index (χ2v) is 6.90. The molecule has 2 heterocycles. The van der Waals surface area contributed by atoms with Crippen LogP contribution >= 0.6 is 0 Å². The van der Waals surface area contributed by atoms with Crippen LogP contribution in [-0.2, 0) is 9.59 Å². The van der Waals surface area contributed by atoms with E-state index in [4.69, 9.17) is 9.47 Å². The fraction of sp³-hybridized carbons (Fsp3) is 0.238. The summed E-state index contributed by atoms with van der Waals surface area (Å²) in [5, 5.41) is 3.17. The zero-order chi connectivity index (χ0) is 21.3. The number of methoxy groups -OCH3 is 2. The van der Waals surface area contributed by atoms with Crippen molar-refractivity contribution in [2.45, 2.75) is 6.42 Å². The van der Waals surface area contributed by atoms with Crippen molar-refractivity contribution in [3.05, 3.63) is 53.1 Å². The number of benzene rings is 2. The largest absolute Gasteiger partial charge is 0.497 e. The molecule has 3 aromatic rings. The number of ether oxygens (including phenoxy) is 2. The molecule has 0 spiro atoms. The number of fused-ring (bicyclic) bond motifs is 1. The number of aromatic amines is 1. The van der Waals surface area contributed by atoms with Gasteiger partial charge in [0, 0.05) is 24.7 Å². The predicted octanol–water partition coefficient (Wildman–Crippen LogP) is 1.93. The summed E-state index contributed by atoms with van der Waals surface area (Å²) in [4.78, 5) is 45.4. The number of amides is 2. The summed E-state index contributed by atoms with van der Waals surface area (Å²) >= 11 is 0. The van der Waals surface area contributed by atoms with Gasteiger partial charge in [-0.1, -0.05) is 0 Å². The molecule has 0 bridgehead atoms. The number of carbonyl (C=O) groups excluding carboxylic acids is 2. The van der Waals surface area contributed by atoms with Crippen molar-refractivity contribution >= 4 is 34.1 Å². The molecule has 30 heavy (non-hydrogen) atoms. The van der Waals surface area contributed by atoms with E-state index >= 15 is 0 Å². The fourth-order valence-electron chi connectivity index (χ4n) is 3.51. The van der Waals surface area contributed by atoms with Crippen molar-refractivity contribution in [1.29, 1.82) is 0 Å². The topological polar surface area (TPSA) is 114 Å². The number of anilines is 2.